The molecule has 0 saturated carbocycles. The van der Waals surface area contributed by atoms with Crippen LogP contribution in [0.3, 0.4) is 0 Å². The molecule has 3 aliphatic heterocycles. The van der Waals surface area contributed by atoms with Crippen molar-refractivity contribution in [1.29, 1.82) is 0 Å². The van der Waals surface area contributed by atoms with Crippen LogP contribution in [0.25, 0.3) is 0 Å². The van der Waals surface area contributed by atoms with Gasteiger partial charge in [0.05, 0.1) is 23.6 Å². The van der Waals surface area contributed by atoms with Crippen molar-refractivity contribution in [2.24, 2.45) is 0 Å². The molecule has 8 nitrogen and oxygen atoms in total. The van der Waals surface area contributed by atoms with Gasteiger partial charge in [0.2, 0.25) is 11.8 Å². The summed E-state index contributed by atoms with van der Waals surface area (Å²) in [5.41, 5.74) is 1.67. The van der Waals surface area contributed by atoms with Crippen LogP contribution in [0, 0.1) is 0 Å². The number of nitrogens with one attached hydrogen (secondary N) is 1. The largest absolute Gasteiger partial charge is 0.375 e. The summed E-state index contributed by atoms with van der Waals surface area (Å²) in [4.78, 5) is 40.2. The average Bonchev–Trinajstić information content (AvgIpc) is 3.24. The van der Waals surface area contributed by atoms with Crippen LogP contribution in [0.15, 0.2) is 6.33 Å². The molecule has 4 heterocycles. The smallest absolute Gasteiger partial charge is 0.249 e. The number of likely N-dealkylation sites (N-methyl/N-ethyl adjacent to an activating group) is 1. The quantitative estimate of drug-likeness (QED) is 0.815. The minimum Gasteiger partial charge on any atom is -0.375 e. The second kappa shape index (κ2) is 8.44. The number of hydrogen-bond donors (Lipinski definition) is 1. The minimum absolute atomic E-state index is 0.00497. The van der Waals surface area contributed by atoms with Crippen LogP contribution in [-0.2, 0) is 26.3 Å². The van der Waals surface area contributed by atoms with E-state index in [0.717, 1.165) is 56.6 Å². The maximum Gasteiger partial charge on any atom is 0.249 e. The van der Waals surface area contributed by atoms with Crippen molar-refractivity contribution in [2.45, 2.75) is 57.0 Å². The average molecular weight is 404 g/mol. The summed E-state index contributed by atoms with van der Waals surface area (Å²) in [5.74, 6) is 0.264. The van der Waals surface area contributed by atoms with Gasteiger partial charge in [-0.05, 0) is 38.8 Å². The molecule has 2 amide bonds. The second-order valence-electron chi connectivity index (χ2n) is 8.46. The number of ether oxygens (including phenoxy) is 1. The number of carbonyl (C=O) groups excluding carboxylic acids is 2. The highest BCUT2D eigenvalue weighted by Crippen LogP contribution is 2.42. The van der Waals surface area contributed by atoms with E-state index in [4.69, 9.17) is 4.74 Å². The maximum atomic E-state index is 13.3. The zero-order valence-electron chi connectivity index (χ0n) is 17.7. The Labute approximate surface area is 172 Å². The predicted octanol–water partition coefficient (Wildman–Crippen LogP) is 1.13. The highest BCUT2D eigenvalue weighted by molar-refractivity contribution is 5.82. The van der Waals surface area contributed by atoms with E-state index in [0.29, 0.717) is 19.6 Å². The summed E-state index contributed by atoms with van der Waals surface area (Å²) in [6.45, 7) is 6.14. The highest BCUT2D eigenvalue weighted by Gasteiger charge is 2.49. The molecule has 1 atom stereocenters. The Morgan fingerprint density at radius 3 is 2.76 bits per heavy atom. The standard InChI is InChI=1S/C21H33N5O3/c1-3-24-10-5-4-6-17(24)20(28)25-12-8-21(9-13-25)19-16(22-15-23-19)7-11-26(21)18(27)14-29-2/h15,17H,3-14H2,1-2H3,(H,22,23)/t17-/m1/s1. The van der Waals surface area contributed by atoms with Crippen molar-refractivity contribution >= 4 is 11.8 Å². The van der Waals surface area contributed by atoms with Crippen molar-refractivity contribution < 1.29 is 14.3 Å². The molecule has 0 radical (unpaired) electrons. The van der Waals surface area contributed by atoms with Gasteiger partial charge in [-0.25, -0.2) is 4.98 Å². The molecule has 4 rings (SSSR count). The van der Waals surface area contributed by atoms with Gasteiger partial charge in [-0.15, -0.1) is 0 Å². The normalized spacial score (nSPS) is 24.6. The first-order valence-corrected chi connectivity index (χ1v) is 11.0. The van der Waals surface area contributed by atoms with E-state index in [9.17, 15) is 9.59 Å². The second-order valence-corrected chi connectivity index (χ2v) is 8.46. The fraction of sp³-hybridized carbons (Fsp3) is 0.762. The number of amides is 2. The van der Waals surface area contributed by atoms with E-state index >= 15 is 0 Å². The van der Waals surface area contributed by atoms with Crippen LogP contribution in [-0.4, -0.2) is 89.0 Å². The maximum absolute atomic E-state index is 13.3. The van der Waals surface area contributed by atoms with Crippen LogP contribution in [0.2, 0.25) is 0 Å². The molecule has 3 aliphatic rings. The van der Waals surface area contributed by atoms with E-state index in [-0.39, 0.29) is 24.5 Å². The number of imidazole rings is 1. The number of rotatable bonds is 4. The lowest BCUT2D eigenvalue weighted by Crippen LogP contribution is -2.61. The van der Waals surface area contributed by atoms with Gasteiger partial charge in [0, 0.05) is 38.9 Å². The number of aromatic amines is 1. The first-order valence-electron chi connectivity index (χ1n) is 11.0. The van der Waals surface area contributed by atoms with E-state index in [2.05, 4.69) is 21.8 Å². The van der Waals surface area contributed by atoms with Gasteiger partial charge in [0.1, 0.15) is 6.61 Å². The molecule has 160 valence electrons. The number of methoxy groups -OCH3 is 1. The molecular weight excluding hydrogens is 370 g/mol. The first kappa shape index (κ1) is 20.3. The summed E-state index contributed by atoms with van der Waals surface area (Å²) in [6, 6.07) is 0.0151. The Kier molecular flexibility index (Phi) is 5.92. The Morgan fingerprint density at radius 2 is 2.03 bits per heavy atom. The molecule has 1 aromatic heterocycles. The molecule has 1 aromatic rings. The van der Waals surface area contributed by atoms with Crippen LogP contribution >= 0.6 is 0 Å². The Morgan fingerprint density at radius 1 is 1.24 bits per heavy atom. The molecule has 2 fully saturated rings. The summed E-state index contributed by atoms with van der Waals surface area (Å²) in [5, 5.41) is 0. The topological polar surface area (TPSA) is 81.8 Å². The lowest BCUT2D eigenvalue weighted by Gasteiger charge is -2.51. The van der Waals surface area contributed by atoms with Crippen molar-refractivity contribution in [2.75, 3.05) is 46.4 Å². The van der Waals surface area contributed by atoms with Crippen LogP contribution in [0.1, 0.15) is 50.4 Å². The summed E-state index contributed by atoms with van der Waals surface area (Å²) < 4.78 is 5.13. The number of nitrogens with zero attached hydrogens (tertiary/aromatic N) is 4. The molecule has 0 aromatic carbocycles. The Balaban J connectivity index is 1.52. The fourth-order valence-electron chi connectivity index (χ4n) is 5.51. The number of aromatic nitrogens is 2. The molecule has 0 aliphatic carbocycles. The number of likely N-dealkylation sites (tertiary alicyclic amines) is 2. The molecule has 2 saturated heterocycles. The van der Waals surface area contributed by atoms with Crippen molar-refractivity contribution in [3.8, 4) is 0 Å². The first-order chi connectivity index (χ1) is 14.1. The van der Waals surface area contributed by atoms with E-state index < -0.39 is 5.54 Å². The predicted molar refractivity (Wildman–Crippen MR) is 108 cm³/mol. The number of carbonyl (C=O) groups is 2. The Bertz CT molecular complexity index is 740. The lowest BCUT2D eigenvalue weighted by atomic mass is 9.78. The zero-order chi connectivity index (χ0) is 20.4. The third kappa shape index (κ3) is 3.57. The molecule has 1 spiro atoms. The molecule has 8 heteroatoms. The van der Waals surface area contributed by atoms with Crippen LogP contribution in [0.5, 0.6) is 0 Å². The number of piperidine rings is 2. The summed E-state index contributed by atoms with van der Waals surface area (Å²) in [6.07, 6.45) is 7.23. The SMILES string of the molecule is CCN1CCCC[C@@H]1C(=O)N1CCC2(CC1)c1nc[nH]c1CCN2C(=O)COC. The molecule has 0 unspecified atom stereocenters. The monoisotopic (exact) mass is 403 g/mol. The van der Waals surface area contributed by atoms with Crippen molar-refractivity contribution in [3.05, 3.63) is 17.7 Å². The van der Waals surface area contributed by atoms with Crippen molar-refractivity contribution in [1.82, 2.24) is 24.7 Å². The van der Waals surface area contributed by atoms with Gasteiger partial charge in [-0.1, -0.05) is 13.3 Å². The number of H-pyrrole nitrogens is 1. The minimum atomic E-state index is -0.434. The van der Waals surface area contributed by atoms with Crippen molar-refractivity contribution in [3.63, 3.8) is 0 Å². The molecular formula is C21H33N5O3. The third-order valence-electron chi connectivity index (χ3n) is 7.04. The van der Waals surface area contributed by atoms with Gasteiger partial charge in [0.25, 0.3) is 0 Å². The third-order valence-corrected chi connectivity index (χ3v) is 7.04. The lowest BCUT2D eigenvalue weighted by molar-refractivity contribution is -0.149. The van der Waals surface area contributed by atoms with E-state index in [1.807, 2.05) is 9.80 Å². The summed E-state index contributed by atoms with van der Waals surface area (Å²) in [7, 11) is 1.55. The number of hydrogen-bond acceptors (Lipinski definition) is 5. The molecule has 0 bridgehead atoms. The molecule has 1 N–H and O–H groups in total. The van der Waals surface area contributed by atoms with Gasteiger partial charge < -0.3 is 19.5 Å². The van der Waals surface area contributed by atoms with E-state index in [1.165, 1.54) is 6.42 Å². The summed E-state index contributed by atoms with van der Waals surface area (Å²) >= 11 is 0. The number of fused-ring (bicyclic) bond motifs is 2. The van der Waals surface area contributed by atoms with Gasteiger partial charge in [0.15, 0.2) is 0 Å². The van der Waals surface area contributed by atoms with E-state index in [1.54, 1.807) is 13.4 Å². The van der Waals surface area contributed by atoms with Gasteiger partial charge in [-0.3, -0.25) is 14.5 Å². The zero-order valence-corrected chi connectivity index (χ0v) is 17.7. The highest BCUT2D eigenvalue weighted by atomic mass is 16.5. The molecule has 29 heavy (non-hydrogen) atoms. The van der Waals surface area contributed by atoms with Gasteiger partial charge in [-0.2, -0.15) is 0 Å². The van der Waals surface area contributed by atoms with Gasteiger partial charge >= 0.3 is 0 Å². The fourth-order valence-corrected chi connectivity index (χ4v) is 5.51. The van der Waals surface area contributed by atoms with Crippen LogP contribution < -0.4 is 0 Å². The Hall–Kier alpha value is -1.93. The van der Waals surface area contributed by atoms with Crippen LogP contribution in [0.4, 0.5) is 0 Å².